The van der Waals surface area contributed by atoms with E-state index in [2.05, 4.69) is 5.92 Å². The number of rotatable bonds is 6. The number of terminal acetylenes is 1. The molecule has 0 spiro atoms. The summed E-state index contributed by atoms with van der Waals surface area (Å²) in [4.78, 5) is 14.0. The Morgan fingerprint density at radius 1 is 1.35 bits per heavy atom. The first-order valence-electron chi connectivity index (χ1n) is 7.92. The van der Waals surface area contributed by atoms with Crippen molar-refractivity contribution in [1.29, 1.82) is 0 Å². The van der Waals surface area contributed by atoms with Gasteiger partial charge in [-0.05, 0) is 39.7 Å². The molecule has 1 aromatic rings. The monoisotopic (exact) mass is 317 g/mol. The quantitative estimate of drug-likeness (QED) is 0.642. The van der Waals surface area contributed by atoms with Crippen LogP contribution in [0.15, 0.2) is 30.3 Å². The van der Waals surface area contributed by atoms with Gasteiger partial charge >= 0.3 is 6.09 Å². The number of hydrogen-bond donors (Lipinski definition) is 1. The zero-order valence-corrected chi connectivity index (χ0v) is 14.5. The number of aliphatic hydroxyl groups excluding tert-OH is 1. The van der Waals surface area contributed by atoms with Gasteiger partial charge in [-0.15, -0.1) is 12.3 Å². The minimum absolute atomic E-state index is 0.412. The number of aliphatic hydroxyl groups is 1. The second-order valence-corrected chi connectivity index (χ2v) is 6.58. The highest BCUT2D eigenvalue weighted by Gasteiger charge is 2.30. The maximum Gasteiger partial charge on any atom is 0.410 e. The first kappa shape index (κ1) is 19.1. The van der Waals surface area contributed by atoms with Crippen LogP contribution in [-0.2, 0) is 4.74 Å². The van der Waals surface area contributed by atoms with Crippen molar-refractivity contribution in [2.45, 2.75) is 58.3 Å². The molecule has 1 amide bonds. The van der Waals surface area contributed by atoms with E-state index < -0.39 is 23.8 Å². The second-order valence-electron chi connectivity index (χ2n) is 6.58. The Balaban J connectivity index is 2.89. The lowest BCUT2D eigenvalue weighted by atomic mass is 10.0. The SMILES string of the molecule is C#CCCCN(C(=O)OC(C)(C)C)[C@@H](C)[C@H](O)c1ccccc1. The van der Waals surface area contributed by atoms with Crippen LogP contribution in [0.3, 0.4) is 0 Å². The molecule has 0 radical (unpaired) electrons. The molecule has 4 nitrogen and oxygen atoms in total. The summed E-state index contributed by atoms with van der Waals surface area (Å²) in [6, 6.07) is 8.89. The topological polar surface area (TPSA) is 49.8 Å². The average Bonchev–Trinajstić information content (AvgIpc) is 2.49. The highest BCUT2D eigenvalue weighted by Crippen LogP contribution is 2.23. The second kappa shape index (κ2) is 8.59. The Bertz CT molecular complexity index is 528. The molecule has 4 heteroatoms. The van der Waals surface area contributed by atoms with Crippen LogP contribution in [0.1, 0.15) is 52.2 Å². The standard InChI is InChI=1S/C19H27NO3/c1-6-7-11-14-20(18(22)23-19(3,4)5)15(2)17(21)16-12-9-8-10-13-16/h1,8-10,12-13,15,17,21H,7,11,14H2,2-5H3/t15-,17-/m0/s1. The fourth-order valence-corrected chi connectivity index (χ4v) is 2.23. The van der Waals surface area contributed by atoms with Gasteiger partial charge < -0.3 is 14.7 Å². The summed E-state index contributed by atoms with van der Waals surface area (Å²) < 4.78 is 5.46. The van der Waals surface area contributed by atoms with Gasteiger partial charge in [0.05, 0.1) is 12.1 Å². The number of hydrogen-bond acceptors (Lipinski definition) is 3. The van der Waals surface area contributed by atoms with E-state index in [4.69, 9.17) is 11.2 Å². The molecule has 0 fully saturated rings. The Hall–Kier alpha value is -1.99. The molecular formula is C19H27NO3. The molecule has 0 saturated carbocycles. The van der Waals surface area contributed by atoms with Gasteiger partial charge in [-0.25, -0.2) is 4.79 Å². The van der Waals surface area contributed by atoms with Gasteiger partial charge in [0.2, 0.25) is 0 Å². The van der Waals surface area contributed by atoms with Crippen molar-refractivity contribution in [3.63, 3.8) is 0 Å². The predicted molar refractivity (Wildman–Crippen MR) is 91.9 cm³/mol. The predicted octanol–water partition coefficient (Wildman–Crippen LogP) is 3.76. The van der Waals surface area contributed by atoms with E-state index in [1.807, 2.05) is 58.0 Å². The molecule has 2 atom stereocenters. The summed E-state index contributed by atoms with van der Waals surface area (Å²) in [5.74, 6) is 2.57. The lowest BCUT2D eigenvalue weighted by Gasteiger charge is -2.34. The number of nitrogens with zero attached hydrogens (tertiary/aromatic N) is 1. The number of carbonyl (C=O) groups is 1. The van der Waals surface area contributed by atoms with E-state index in [1.54, 1.807) is 4.90 Å². The third kappa shape index (κ3) is 6.33. The fraction of sp³-hybridized carbons (Fsp3) is 0.526. The van der Waals surface area contributed by atoms with E-state index in [0.29, 0.717) is 19.4 Å². The van der Waals surface area contributed by atoms with E-state index in [0.717, 1.165) is 5.56 Å². The summed E-state index contributed by atoms with van der Waals surface area (Å²) in [5, 5.41) is 10.6. The third-order valence-corrected chi connectivity index (χ3v) is 3.44. The number of amides is 1. The van der Waals surface area contributed by atoms with Crippen LogP contribution in [-0.4, -0.2) is 34.3 Å². The van der Waals surface area contributed by atoms with Crippen LogP contribution in [0, 0.1) is 12.3 Å². The van der Waals surface area contributed by atoms with E-state index >= 15 is 0 Å². The summed E-state index contributed by atoms with van der Waals surface area (Å²) in [7, 11) is 0. The average molecular weight is 317 g/mol. The Kier molecular flexibility index (Phi) is 7.12. The number of benzene rings is 1. The van der Waals surface area contributed by atoms with Crippen molar-refractivity contribution < 1.29 is 14.6 Å². The van der Waals surface area contributed by atoms with Gasteiger partial charge in [-0.2, -0.15) is 0 Å². The fourth-order valence-electron chi connectivity index (χ4n) is 2.23. The number of unbranched alkanes of at least 4 members (excludes halogenated alkanes) is 1. The van der Waals surface area contributed by atoms with Gasteiger partial charge in [0.15, 0.2) is 0 Å². The summed E-state index contributed by atoms with van der Waals surface area (Å²) in [6.07, 6.45) is 5.31. The van der Waals surface area contributed by atoms with Crippen LogP contribution < -0.4 is 0 Å². The Morgan fingerprint density at radius 3 is 2.48 bits per heavy atom. The number of carbonyl (C=O) groups excluding carboxylic acids is 1. The lowest BCUT2D eigenvalue weighted by molar-refractivity contribution is -0.00290. The zero-order valence-electron chi connectivity index (χ0n) is 14.5. The molecule has 0 aliphatic rings. The van der Waals surface area contributed by atoms with Crippen molar-refractivity contribution in [2.75, 3.05) is 6.54 Å². The van der Waals surface area contributed by atoms with Gasteiger partial charge in [0, 0.05) is 13.0 Å². The van der Waals surface area contributed by atoms with Crippen LogP contribution in [0.4, 0.5) is 4.79 Å². The normalized spacial score (nSPS) is 13.7. The Morgan fingerprint density at radius 2 is 1.96 bits per heavy atom. The van der Waals surface area contributed by atoms with Gasteiger partial charge in [-0.1, -0.05) is 30.3 Å². The highest BCUT2D eigenvalue weighted by atomic mass is 16.6. The van der Waals surface area contributed by atoms with Gasteiger partial charge in [0.25, 0.3) is 0 Å². The van der Waals surface area contributed by atoms with Gasteiger partial charge in [0.1, 0.15) is 5.60 Å². The van der Waals surface area contributed by atoms with E-state index in [9.17, 15) is 9.90 Å². The molecule has 23 heavy (non-hydrogen) atoms. The van der Waals surface area contributed by atoms with Crippen molar-refractivity contribution in [1.82, 2.24) is 4.90 Å². The Labute approximate surface area is 139 Å². The molecule has 0 aromatic heterocycles. The zero-order chi connectivity index (χ0) is 17.5. The molecule has 1 N–H and O–H groups in total. The first-order chi connectivity index (χ1) is 10.8. The molecule has 1 aromatic carbocycles. The van der Waals surface area contributed by atoms with Crippen LogP contribution in [0.5, 0.6) is 0 Å². The van der Waals surface area contributed by atoms with E-state index in [-0.39, 0.29) is 0 Å². The van der Waals surface area contributed by atoms with Crippen molar-refractivity contribution >= 4 is 6.09 Å². The van der Waals surface area contributed by atoms with Gasteiger partial charge in [-0.3, -0.25) is 0 Å². The molecule has 0 saturated heterocycles. The van der Waals surface area contributed by atoms with Crippen molar-refractivity contribution in [2.24, 2.45) is 0 Å². The molecule has 0 aliphatic carbocycles. The molecule has 126 valence electrons. The molecule has 0 unspecified atom stereocenters. The molecule has 0 heterocycles. The molecule has 0 bridgehead atoms. The highest BCUT2D eigenvalue weighted by molar-refractivity contribution is 5.68. The number of ether oxygens (including phenoxy) is 1. The van der Waals surface area contributed by atoms with E-state index in [1.165, 1.54) is 0 Å². The van der Waals surface area contributed by atoms with Crippen LogP contribution >= 0.6 is 0 Å². The molecule has 1 rings (SSSR count). The van der Waals surface area contributed by atoms with Crippen molar-refractivity contribution in [3.05, 3.63) is 35.9 Å². The lowest BCUT2D eigenvalue weighted by Crippen LogP contribution is -2.45. The molecule has 0 aliphatic heterocycles. The largest absolute Gasteiger partial charge is 0.444 e. The summed E-state index contributed by atoms with van der Waals surface area (Å²) >= 11 is 0. The first-order valence-corrected chi connectivity index (χ1v) is 7.92. The molecular weight excluding hydrogens is 290 g/mol. The van der Waals surface area contributed by atoms with Crippen molar-refractivity contribution in [3.8, 4) is 12.3 Å². The smallest absolute Gasteiger partial charge is 0.410 e. The van der Waals surface area contributed by atoms with Crippen LogP contribution in [0.25, 0.3) is 0 Å². The maximum atomic E-state index is 12.5. The minimum Gasteiger partial charge on any atom is -0.444 e. The third-order valence-electron chi connectivity index (χ3n) is 3.44. The van der Waals surface area contributed by atoms with Crippen LogP contribution in [0.2, 0.25) is 0 Å². The summed E-state index contributed by atoms with van der Waals surface area (Å²) in [6.45, 7) is 7.73. The maximum absolute atomic E-state index is 12.5. The minimum atomic E-state index is -0.783. The summed E-state index contributed by atoms with van der Waals surface area (Å²) in [5.41, 5.74) is 0.185.